The Morgan fingerprint density at radius 3 is 2.94 bits per heavy atom. The van der Waals surface area contributed by atoms with Crippen LogP contribution in [0, 0.1) is 12.1 Å². The topological polar surface area (TPSA) is 38.3 Å². The molecule has 18 heavy (non-hydrogen) atoms. The number of rotatable bonds is 2. The molecule has 0 radical (unpaired) electrons. The van der Waals surface area contributed by atoms with Crippen molar-refractivity contribution in [3.8, 4) is 0 Å². The number of nitrogens with one attached hydrogen (secondary N) is 1. The van der Waals surface area contributed by atoms with Crippen molar-refractivity contribution in [2.75, 3.05) is 13.7 Å². The third-order valence-corrected chi connectivity index (χ3v) is 2.49. The van der Waals surface area contributed by atoms with Crippen molar-refractivity contribution in [3.05, 3.63) is 53.7 Å². The van der Waals surface area contributed by atoms with Crippen LogP contribution in [0.1, 0.15) is 12.0 Å². The van der Waals surface area contributed by atoms with E-state index in [-0.39, 0.29) is 27.0 Å². The molecule has 4 heteroatoms. The molecule has 1 aromatic carbocycles. The van der Waals surface area contributed by atoms with Gasteiger partial charge in [-0.05, 0) is 0 Å². The molecule has 1 aliphatic rings. The molecule has 3 nitrogen and oxygen atoms in total. The fourth-order valence-electron chi connectivity index (χ4n) is 1.64. The average molecular weight is 411 g/mol. The zero-order valence-corrected chi connectivity index (χ0v) is 13.0. The largest absolute Gasteiger partial charge is 2.00 e. The Labute approximate surface area is 121 Å². The minimum Gasteiger partial charge on any atom is -0.509 e. The first-order valence-electron chi connectivity index (χ1n) is 5.43. The van der Waals surface area contributed by atoms with Gasteiger partial charge in [-0.1, -0.05) is 18.2 Å². The van der Waals surface area contributed by atoms with Gasteiger partial charge in [0.1, 0.15) is 0 Å². The first kappa shape index (κ1) is 14.7. The molecule has 0 aromatic heterocycles. The fraction of sp³-hybridized carbons (Fsp3) is 0.214. The van der Waals surface area contributed by atoms with Crippen LogP contribution in [0.25, 0.3) is 5.57 Å². The minimum absolute atomic E-state index is 0. The number of esters is 1. The van der Waals surface area contributed by atoms with Crippen molar-refractivity contribution in [1.29, 1.82) is 0 Å². The molecular formula is C14H13NO2W. The summed E-state index contributed by atoms with van der Waals surface area (Å²) in [6.45, 7) is 0.769. The third-order valence-electron chi connectivity index (χ3n) is 2.49. The molecule has 1 N–H and O–H groups in total. The molecule has 1 heterocycles. The summed E-state index contributed by atoms with van der Waals surface area (Å²) in [5.41, 5.74) is 2.34. The molecule has 0 spiro atoms. The van der Waals surface area contributed by atoms with Crippen molar-refractivity contribution in [2.24, 2.45) is 0 Å². The van der Waals surface area contributed by atoms with Crippen LogP contribution >= 0.6 is 0 Å². The summed E-state index contributed by atoms with van der Waals surface area (Å²) in [5.74, 6) is -0.382. The Morgan fingerprint density at radius 2 is 2.28 bits per heavy atom. The first-order chi connectivity index (χ1) is 8.31. The summed E-state index contributed by atoms with van der Waals surface area (Å²) in [6, 6.07) is 10.8. The van der Waals surface area contributed by atoms with Gasteiger partial charge in [0.05, 0.1) is 7.11 Å². The second kappa shape index (κ2) is 7.17. The van der Waals surface area contributed by atoms with Gasteiger partial charge in [0.2, 0.25) is 5.97 Å². The molecule has 0 unspecified atom stereocenters. The Bertz CT molecular complexity index is 466. The smallest absolute Gasteiger partial charge is 0.509 e. The summed E-state index contributed by atoms with van der Waals surface area (Å²) in [5, 5.41) is 3.05. The number of ether oxygens (including phenoxy) is 1. The van der Waals surface area contributed by atoms with Gasteiger partial charge < -0.3 is 14.8 Å². The third kappa shape index (κ3) is 3.57. The van der Waals surface area contributed by atoms with E-state index in [0.29, 0.717) is 5.57 Å². The fourth-order valence-corrected chi connectivity index (χ4v) is 1.64. The van der Waals surface area contributed by atoms with Gasteiger partial charge >= 0.3 is 21.1 Å². The normalized spacial score (nSPS) is 14.3. The van der Waals surface area contributed by atoms with Crippen molar-refractivity contribution >= 4 is 11.5 Å². The first-order valence-corrected chi connectivity index (χ1v) is 5.43. The molecular weight excluding hydrogens is 398 g/mol. The molecule has 0 fully saturated rings. The zero-order chi connectivity index (χ0) is 12.1. The monoisotopic (exact) mass is 411 g/mol. The Hall–Kier alpha value is -1.34. The number of hydrogen-bond donors (Lipinski definition) is 1. The second-order valence-corrected chi connectivity index (χ2v) is 3.63. The van der Waals surface area contributed by atoms with Crippen molar-refractivity contribution in [2.45, 2.75) is 6.42 Å². The van der Waals surface area contributed by atoms with Crippen LogP contribution in [0.15, 0.2) is 36.0 Å². The van der Waals surface area contributed by atoms with Gasteiger partial charge in [-0.2, -0.15) is 30.3 Å². The summed E-state index contributed by atoms with van der Waals surface area (Å²) in [4.78, 5) is 11.5. The molecule has 92 valence electrons. The van der Waals surface area contributed by atoms with Gasteiger partial charge in [0.25, 0.3) is 0 Å². The van der Waals surface area contributed by atoms with E-state index in [1.54, 1.807) is 6.20 Å². The Balaban J connectivity index is 0.00000162. The summed E-state index contributed by atoms with van der Waals surface area (Å²) < 4.78 is 4.70. The van der Waals surface area contributed by atoms with Crippen LogP contribution in [0.2, 0.25) is 0 Å². The number of carbonyl (C=O) groups excluding carboxylic acids is 1. The van der Waals surface area contributed by atoms with E-state index in [1.165, 1.54) is 7.11 Å². The Morgan fingerprint density at radius 1 is 1.44 bits per heavy atom. The van der Waals surface area contributed by atoms with Gasteiger partial charge in [0, 0.05) is 6.54 Å². The van der Waals surface area contributed by atoms with Crippen LogP contribution in [-0.2, 0) is 30.6 Å². The van der Waals surface area contributed by atoms with Crippen LogP contribution in [-0.4, -0.2) is 19.6 Å². The zero-order valence-electron chi connectivity index (χ0n) is 10.0. The summed E-state index contributed by atoms with van der Waals surface area (Å²) in [7, 11) is 1.37. The van der Waals surface area contributed by atoms with E-state index in [2.05, 4.69) is 17.5 Å². The summed E-state index contributed by atoms with van der Waals surface area (Å²) in [6.07, 6.45) is 5.54. The van der Waals surface area contributed by atoms with Crippen molar-refractivity contribution < 1.29 is 30.6 Å². The van der Waals surface area contributed by atoms with Gasteiger partial charge in [-0.15, -0.1) is 6.07 Å². The van der Waals surface area contributed by atoms with Gasteiger partial charge in [-0.3, -0.25) is 0 Å². The molecule has 1 aromatic rings. The van der Waals surface area contributed by atoms with E-state index >= 15 is 0 Å². The minimum atomic E-state index is -0.382. The quantitative estimate of drug-likeness (QED) is 0.596. The van der Waals surface area contributed by atoms with E-state index in [9.17, 15) is 4.79 Å². The van der Waals surface area contributed by atoms with Gasteiger partial charge in [0.15, 0.2) is 0 Å². The van der Waals surface area contributed by atoms with Gasteiger partial charge in [-0.25, -0.2) is 11.1 Å². The van der Waals surface area contributed by atoms with Crippen LogP contribution < -0.4 is 5.32 Å². The van der Waals surface area contributed by atoms with E-state index in [0.717, 1.165) is 24.1 Å². The number of benzene rings is 1. The number of hydrogen-bond acceptors (Lipinski definition) is 3. The van der Waals surface area contributed by atoms with E-state index in [4.69, 9.17) is 4.74 Å². The second-order valence-electron chi connectivity index (χ2n) is 3.63. The van der Waals surface area contributed by atoms with E-state index < -0.39 is 0 Å². The standard InChI is InChI=1S/C14H13NO2.W/c1-17-14(16)13-9-12(7-8-15-10-13)11-5-3-2-4-6-11;/h2-5,10,15H,7-8H2,1H3;/q-2;+2. The number of carbonyl (C=O) groups is 1. The van der Waals surface area contributed by atoms with Crippen LogP contribution in [0.5, 0.6) is 0 Å². The maximum absolute atomic E-state index is 11.5. The molecule has 1 aliphatic heterocycles. The molecule has 0 bridgehead atoms. The molecule has 2 rings (SSSR count). The molecule has 0 atom stereocenters. The van der Waals surface area contributed by atoms with E-state index in [1.807, 2.05) is 24.3 Å². The Kier molecular flexibility index (Phi) is 5.86. The molecule has 0 saturated carbocycles. The maximum atomic E-state index is 11.5. The SMILES string of the molecule is COC(=O)C1=CNCCC(c2[c-]cccc2)=[C-]1.[W+2]. The molecule has 0 aliphatic carbocycles. The van der Waals surface area contributed by atoms with Crippen molar-refractivity contribution in [1.82, 2.24) is 5.32 Å². The summed E-state index contributed by atoms with van der Waals surface area (Å²) >= 11 is 0. The maximum Gasteiger partial charge on any atom is 2.00 e. The molecule has 0 saturated heterocycles. The molecule has 0 amide bonds. The average Bonchev–Trinajstić information content (AvgIpc) is 2.64. The van der Waals surface area contributed by atoms with Crippen LogP contribution in [0.3, 0.4) is 0 Å². The predicted molar refractivity (Wildman–Crippen MR) is 64.6 cm³/mol. The van der Waals surface area contributed by atoms with Crippen LogP contribution in [0.4, 0.5) is 0 Å². The number of methoxy groups -OCH3 is 1. The van der Waals surface area contributed by atoms with Crippen molar-refractivity contribution in [3.63, 3.8) is 0 Å². The predicted octanol–water partition coefficient (Wildman–Crippen LogP) is 1.72.